The van der Waals surface area contributed by atoms with Gasteiger partial charge in [-0.05, 0) is 0 Å². The van der Waals surface area contributed by atoms with Crippen molar-refractivity contribution in [1.29, 1.82) is 0 Å². The number of hydrogen-bond acceptors (Lipinski definition) is 8. The molecule has 2 N–H and O–H groups in total. The summed E-state index contributed by atoms with van der Waals surface area (Å²) in [5.74, 6) is 0. The van der Waals surface area contributed by atoms with Crippen molar-refractivity contribution >= 4 is 27.8 Å². The molecule has 84 valence electrons. The van der Waals surface area contributed by atoms with E-state index in [0.717, 1.165) is 20.6 Å². The monoisotopic (exact) mass is 262 g/mol. The predicted molar refractivity (Wildman–Crippen MR) is 66.5 cm³/mol. The van der Waals surface area contributed by atoms with E-state index in [0.29, 0.717) is 5.13 Å². The van der Waals surface area contributed by atoms with Crippen LogP contribution in [0.25, 0.3) is 20.6 Å². The molecule has 0 aromatic carbocycles. The van der Waals surface area contributed by atoms with Crippen LogP contribution in [0.5, 0.6) is 0 Å². The summed E-state index contributed by atoms with van der Waals surface area (Å²) in [5.41, 5.74) is 6.29. The van der Waals surface area contributed by atoms with Gasteiger partial charge in [-0.15, -0.1) is 21.5 Å². The SMILES string of the molecule is Nc1nnc(-c2cnc(-c3cnccn3)s2)s1. The lowest BCUT2D eigenvalue weighted by atomic mass is 10.5. The topological polar surface area (TPSA) is 90.5 Å². The molecule has 0 atom stereocenters. The molecule has 0 aliphatic heterocycles. The van der Waals surface area contributed by atoms with Crippen LogP contribution in [0.3, 0.4) is 0 Å². The molecule has 3 heterocycles. The zero-order valence-corrected chi connectivity index (χ0v) is 10.1. The highest BCUT2D eigenvalue weighted by atomic mass is 32.1. The number of nitrogens with zero attached hydrogens (tertiary/aromatic N) is 5. The van der Waals surface area contributed by atoms with Crippen LogP contribution in [0, 0.1) is 0 Å². The van der Waals surface area contributed by atoms with E-state index < -0.39 is 0 Å². The number of rotatable bonds is 2. The molecule has 6 nitrogen and oxygen atoms in total. The maximum atomic E-state index is 5.54. The van der Waals surface area contributed by atoms with Crippen LogP contribution in [-0.4, -0.2) is 25.1 Å². The lowest BCUT2D eigenvalue weighted by Crippen LogP contribution is -1.81. The highest BCUT2D eigenvalue weighted by molar-refractivity contribution is 7.24. The van der Waals surface area contributed by atoms with Gasteiger partial charge in [0.05, 0.1) is 11.1 Å². The Balaban J connectivity index is 1.99. The Morgan fingerprint density at radius 3 is 2.59 bits per heavy atom. The Morgan fingerprint density at radius 1 is 0.941 bits per heavy atom. The van der Waals surface area contributed by atoms with Crippen molar-refractivity contribution in [3.05, 3.63) is 24.8 Å². The summed E-state index contributed by atoms with van der Waals surface area (Å²) in [5, 5.41) is 9.78. The lowest BCUT2D eigenvalue weighted by Gasteiger charge is -1.90. The molecule has 0 unspecified atom stereocenters. The minimum atomic E-state index is 0.453. The fourth-order valence-electron chi connectivity index (χ4n) is 1.24. The minimum absolute atomic E-state index is 0.453. The summed E-state index contributed by atoms with van der Waals surface area (Å²) in [6.07, 6.45) is 6.69. The maximum Gasteiger partial charge on any atom is 0.203 e. The van der Waals surface area contributed by atoms with E-state index in [-0.39, 0.29) is 0 Å². The molecule has 0 saturated heterocycles. The first kappa shape index (κ1) is 10.2. The number of anilines is 1. The van der Waals surface area contributed by atoms with Gasteiger partial charge in [-0.3, -0.25) is 9.97 Å². The molecule has 0 fully saturated rings. The Hall–Kier alpha value is -1.93. The first-order valence-corrected chi connectivity index (χ1v) is 6.28. The summed E-state index contributed by atoms with van der Waals surface area (Å²) < 4.78 is 0. The number of nitrogen functional groups attached to an aromatic ring is 1. The summed E-state index contributed by atoms with van der Waals surface area (Å²) in [6.45, 7) is 0. The molecule has 3 aromatic rings. The molecule has 0 radical (unpaired) electrons. The van der Waals surface area contributed by atoms with E-state index in [1.54, 1.807) is 24.8 Å². The molecule has 8 heteroatoms. The van der Waals surface area contributed by atoms with Gasteiger partial charge in [0.2, 0.25) is 5.13 Å². The highest BCUT2D eigenvalue weighted by Gasteiger charge is 2.11. The number of aromatic nitrogens is 5. The van der Waals surface area contributed by atoms with Crippen LogP contribution in [0.15, 0.2) is 24.8 Å². The van der Waals surface area contributed by atoms with Crippen molar-refractivity contribution in [1.82, 2.24) is 25.1 Å². The molecular formula is C9H6N6S2. The van der Waals surface area contributed by atoms with Gasteiger partial charge in [0.25, 0.3) is 0 Å². The Bertz CT molecular complexity index is 632. The summed E-state index contributed by atoms with van der Waals surface area (Å²) in [4.78, 5) is 13.4. The third-order valence-corrected chi connectivity index (χ3v) is 3.88. The molecule has 0 saturated carbocycles. The van der Waals surface area contributed by atoms with E-state index in [4.69, 9.17) is 5.73 Å². The minimum Gasteiger partial charge on any atom is -0.374 e. The van der Waals surface area contributed by atoms with Crippen molar-refractivity contribution in [2.45, 2.75) is 0 Å². The summed E-state index contributed by atoms with van der Waals surface area (Å²) >= 11 is 2.83. The fourth-order valence-corrected chi connectivity index (χ4v) is 2.76. The number of nitrogens with two attached hydrogens (primary N) is 1. The van der Waals surface area contributed by atoms with Gasteiger partial charge >= 0.3 is 0 Å². The molecule has 0 aliphatic carbocycles. The van der Waals surface area contributed by atoms with Gasteiger partial charge < -0.3 is 5.73 Å². The van der Waals surface area contributed by atoms with Crippen LogP contribution in [0.1, 0.15) is 0 Å². The van der Waals surface area contributed by atoms with E-state index in [1.807, 2.05) is 0 Å². The Morgan fingerprint density at radius 2 is 1.88 bits per heavy atom. The highest BCUT2D eigenvalue weighted by Crippen LogP contribution is 2.32. The maximum absolute atomic E-state index is 5.54. The third-order valence-electron chi connectivity index (χ3n) is 1.94. The van der Waals surface area contributed by atoms with Crippen molar-refractivity contribution < 1.29 is 0 Å². The zero-order chi connectivity index (χ0) is 11.7. The van der Waals surface area contributed by atoms with Gasteiger partial charge in [0.1, 0.15) is 10.7 Å². The number of hydrogen-bond donors (Lipinski definition) is 1. The first-order valence-electron chi connectivity index (χ1n) is 4.64. The molecule has 0 amide bonds. The van der Waals surface area contributed by atoms with E-state index in [9.17, 15) is 0 Å². The third kappa shape index (κ3) is 1.99. The quantitative estimate of drug-likeness (QED) is 0.756. The van der Waals surface area contributed by atoms with Gasteiger partial charge in [-0.1, -0.05) is 11.3 Å². The Kier molecular flexibility index (Phi) is 2.50. The van der Waals surface area contributed by atoms with Crippen LogP contribution < -0.4 is 5.73 Å². The van der Waals surface area contributed by atoms with Gasteiger partial charge in [0.15, 0.2) is 5.01 Å². The molecule has 3 aromatic heterocycles. The Labute approximate surface area is 104 Å². The van der Waals surface area contributed by atoms with Crippen LogP contribution in [0.2, 0.25) is 0 Å². The van der Waals surface area contributed by atoms with Crippen LogP contribution in [0.4, 0.5) is 5.13 Å². The van der Waals surface area contributed by atoms with E-state index >= 15 is 0 Å². The fraction of sp³-hybridized carbons (Fsp3) is 0. The normalized spacial score (nSPS) is 10.6. The van der Waals surface area contributed by atoms with E-state index in [1.165, 1.54) is 22.7 Å². The second-order valence-electron chi connectivity index (χ2n) is 3.07. The average Bonchev–Trinajstić information content (AvgIpc) is 2.98. The van der Waals surface area contributed by atoms with E-state index in [2.05, 4.69) is 25.1 Å². The second kappa shape index (κ2) is 4.15. The average molecular weight is 262 g/mol. The molecule has 0 aliphatic rings. The first-order chi connectivity index (χ1) is 8.33. The predicted octanol–water partition coefficient (Wildman–Crippen LogP) is 1.70. The number of thiazole rings is 1. The van der Waals surface area contributed by atoms with Crippen molar-refractivity contribution in [3.63, 3.8) is 0 Å². The molecule has 3 rings (SSSR count). The zero-order valence-electron chi connectivity index (χ0n) is 8.44. The lowest BCUT2D eigenvalue weighted by molar-refractivity contribution is 1.10. The molecule has 0 spiro atoms. The van der Waals surface area contributed by atoms with Crippen molar-refractivity contribution in [3.8, 4) is 20.6 Å². The van der Waals surface area contributed by atoms with Gasteiger partial charge in [-0.2, -0.15) is 0 Å². The molecule has 17 heavy (non-hydrogen) atoms. The molecule has 0 bridgehead atoms. The second-order valence-corrected chi connectivity index (χ2v) is 5.11. The van der Waals surface area contributed by atoms with Gasteiger partial charge in [-0.25, -0.2) is 4.98 Å². The smallest absolute Gasteiger partial charge is 0.203 e. The van der Waals surface area contributed by atoms with Crippen LogP contribution in [-0.2, 0) is 0 Å². The summed E-state index contributed by atoms with van der Waals surface area (Å²) in [7, 11) is 0. The standard InChI is InChI=1S/C9H6N6S2/c10-9-15-14-8(17-9)6-4-13-7(16-6)5-3-11-1-2-12-5/h1-4H,(H2,10,15). The van der Waals surface area contributed by atoms with Crippen LogP contribution >= 0.6 is 22.7 Å². The van der Waals surface area contributed by atoms with Crippen molar-refractivity contribution in [2.75, 3.05) is 5.73 Å². The van der Waals surface area contributed by atoms with Crippen molar-refractivity contribution in [2.24, 2.45) is 0 Å². The summed E-state index contributed by atoms with van der Waals surface area (Å²) in [6, 6.07) is 0. The molecular weight excluding hydrogens is 256 g/mol. The van der Waals surface area contributed by atoms with Gasteiger partial charge in [0, 0.05) is 18.6 Å². The largest absolute Gasteiger partial charge is 0.374 e.